The summed E-state index contributed by atoms with van der Waals surface area (Å²) in [5.74, 6) is 1.22. The highest BCUT2D eigenvalue weighted by atomic mass is 16.5. The van der Waals surface area contributed by atoms with Crippen LogP contribution in [0.4, 0.5) is 5.69 Å². The third-order valence-electron chi connectivity index (χ3n) is 4.31. The molecule has 0 heterocycles. The standard InChI is InChI=1S/C17H25NO3/c1-4-13-9-10-17(12-13,16(19)21-5-2)18-14-7-6-8-15(11-14)20-3/h6-8,11,13,18H,4-5,9-10,12H2,1-3H3. The summed E-state index contributed by atoms with van der Waals surface area (Å²) in [6.07, 6.45) is 3.81. The summed E-state index contributed by atoms with van der Waals surface area (Å²) < 4.78 is 10.6. The lowest BCUT2D eigenvalue weighted by atomic mass is 9.94. The van der Waals surface area contributed by atoms with Crippen molar-refractivity contribution >= 4 is 11.7 Å². The number of anilines is 1. The van der Waals surface area contributed by atoms with Crippen LogP contribution in [0.3, 0.4) is 0 Å². The maximum Gasteiger partial charge on any atom is 0.331 e. The van der Waals surface area contributed by atoms with E-state index in [1.165, 1.54) is 0 Å². The minimum absolute atomic E-state index is 0.135. The highest BCUT2D eigenvalue weighted by Crippen LogP contribution is 2.40. The molecule has 21 heavy (non-hydrogen) atoms. The molecule has 0 bridgehead atoms. The van der Waals surface area contributed by atoms with Gasteiger partial charge in [-0.05, 0) is 44.2 Å². The molecule has 1 saturated carbocycles. The first kappa shape index (κ1) is 15.7. The topological polar surface area (TPSA) is 47.6 Å². The molecule has 1 aliphatic carbocycles. The van der Waals surface area contributed by atoms with Gasteiger partial charge in [-0.3, -0.25) is 0 Å². The van der Waals surface area contributed by atoms with Crippen LogP contribution in [0.5, 0.6) is 5.75 Å². The minimum Gasteiger partial charge on any atom is -0.497 e. The van der Waals surface area contributed by atoms with E-state index in [0.717, 1.165) is 37.1 Å². The highest BCUT2D eigenvalue weighted by molar-refractivity contribution is 5.85. The van der Waals surface area contributed by atoms with Crippen molar-refractivity contribution in [3.05, 3.63) is 24.3 Å². The average molecular weight is 291 g/mol. The Kier molecular flexibility index (Phi) is 5.10. The van der Waals surface area contributed by atoms with Gasteiger partial charge in [0.15, 0.2) is 0 Å². The van der Waals surface area contributed by atoms with E-state index in [4.69, 9.17) is 9.47 Å². The number of rotatable bonds is 6. The lowest BCUT2D eigenvalue weighted by Crippen LogP contribution is -2.45. The van der Waals surface area contributed by atoms with Crippen molar-refractivity contribution < 1.29 is 14.3 Å². The number of carbonyl (C=O) groups excluding carboxylic acids is 1. The van der Waals surface area contributed by atoms with E-state index >= 15 is 0 Å². The van der Waals surface area contributed by atoms with Gasteiger partial charge in [0.25, 0.3) is 0 Å². The van der Waals surface area contributed by atoms with E-state index in [0.29, 0.717) is 12.5 Å². The van der Waals surface area contributed by atoms with Gasteiger partial charge >= 0.3 is 5.97 Å². The Labute approximate surface area is 126 Å². The van der Waals surface area contributed by atoms with Crippen LogP contribution in [0.2, 0.25) is 0 Å². The van der Waals surface area contributed by atoms with Crippen LogP contribution in [0.25, 0.3) is 0 Å². The molecule has 2 atom stereocenters. The zero-order valence-electron chi connectivity index (χ0n) is 13.1. The fraction of sp³-hybridized carbons (Fsp3) is 0.588. The Morgan fingerprint density at radius 2 is 2.24 bits per heavy atom. The zero-order chi connectivity index (χ0) is 15.3. The number of carbonyl (C=O) groups is 1. The monoisotopic (exact) mass is 291 g/mol. The molecule has 0 spiro atoms. The maximum absolute atomic E-state index is 12.5. The summed E-state index contributed by atoms with van der Waals surface area (Å²) in [4.78, 5) is 12.5. The molecule has 1 aromatic rings. The first-order valence-corrected chi connectivity index (χ1v) is 7.73. The number of benzene rings is 1. The van der Waals surface area contributed by atoms with E-state index in [9.17, 15) is 4.79 Å². The maximum atomic E-state index is 12.5. The van der Waals surface area contributed by atoms with Crippen molar-refractivity contribution in [2.45, 2.75) is 45.1 Å². The molecule has 0 aromatic heterocycles. The van der Waals surface area contributed by atoms with Crippen molar-refractivity contribution in [3.63, 3.8) is 0 Å². The van der Waals surface area contributed by atoms with Gasteiger partial charge in [-0.25, -0.2) is 4.79 Å². The van der Waals surface area contributed by atoms with Crippen molar-refractivity contribution in [2.75, 3.05) is 19.0 Å². The molecule has 4 nitrogen and oxygen atoms in total. The summed E-state index contributed by atoms with van der Waals surface area (Å²) >= 11 is 0. The predicted molar refractivity (Wildman–Crippen MR) is 83.6 cm³/mol. The summed E-state index contributed by atoms with van der Waals surface area (Å²) in [5.41, 5.74) is 0.308. The molecule has 0 radical (unpaired) electrons. The number of ether oxygens (including phenoxy) is 2. The van der Waals surface area contributed by atoms with Crippen LogP contribution in [-0.4, -0.2) is 25.2 Å². The van der Waals surface area contributed by atoms with Gasteiger partial charge in [0.1, 0.15) is 11.3 Å². The van der Waals surface area contributed by atoms with E-state index in [1.54, 1.807) is 7.11 Å². The Bertz CT molecular complexity index is 489. The number of hydrogen-bond acceptors (Lipinski definition) is 4. The summed E-state index contributed by atoms with van der Waals surface area (Å²) in [6, 6.07) is 7.70. The number of esters is 1. The van der Waals surface area contributed by atoms with Gasteiger partial charge in [-0.1, -0.05) is 19.4 Å². The third-order valence-corrected chi connectivity index (χ3v) is 4.31. The van der Waals surface area contributed by atoms with E-state index in [1.807, 2.05) is 31.2 Å². The fourth-order valence-corrected chi connectivity index (χ4v) is 3.09. The van der Waals surface area contributed by atoms with Gasteiger partial charge in [0, 0.05) is 11.8 Å². The van der Waals surface area contributed by atoms with Gasteiger partial charge in [-0.2, -0.15) is 0 Å². The van der Waals surface area contributed by atoms with Crippen molar-refractivity contribution in [1.82, 2.24) is 0 Å². The fourth-order valence-electron chi connectivity index (χ4n) is 3.09. The SMILES string of the molecule is CCOC(=O)C1(Nc2cccc(OC)c2)CCC(CC)C1. The quantitative estimate of drug-likeness (QED) is 0.813. The second-order valence-corrected chi connectivity index (χ2v) is 5.68. The molecule has 4 heteroatoms. The average Bonchev–Trinajstić information content (AvgIpc) is 2.92. The van der Waals surface area contributed by atoms with E-state index < -0.39 is 5.54 Å². The largest absolute Gasteiger partial charge is 0.497 e. The second kappa shape index (κ2) is 6.83. The number of methoxy groups -OCH3 is 1. The predicted octanol–water partition coefficient (Wildman–Crippen LogP) is 3.62. The van der Waals surface area contributed by atoms with Crippen LogP contribution in [0.1, 0.15) is 39.5 Å². The minimum atomic E-state index is -0.594. The van der Waals surface area contributed by atoms with Gasteiger partial charge in [0.2, 0.25) is 0 Å². The Morgan fingerprint density at radius 3 is 2.86 bits per heavy atom. The second-order valence-electron chi connectivity index (χ2n) is 5.68. The summed E-state index contributed by atoms with van der Waals surface area (Å²) in [5, 5.41) is 3.42. The first-order valence-electron chi connectivity index (χ1n) is 7.73. The molecular weight excluding hydrogens is 266 g/mol. The molecule has 2 rings (SSSR count). The highest BCUT2D eigenvalue weighted by Gasteiger charge is 2.46. The molecule has 0 aliphatic heterocycles. The molecule has 2 unspecified atom stereocenters. The molecule has 1 N–H and O–H groups in total. The van der Waals surface area contributed by atoms with Gasteiger partial charge in [0.05, 0.1) is 13.7 Å². The molecular formula is C17H25NO3. The van der Waals surface area contributed by atoms with Crippen molar-refractivity contribution in [3.8, 4) is 5.75 Å². The lowest BCUT2D eigenvalue weighted by Gasteiger charge is -2.29. The first-order chi connectivity index (χ1) is 10.1. The van der Waals surface area contributed by atoms with Crippen LogP contribution >= 0.6 is 0 Å². The lowest BCUT2D eigenvalue weighted by molar-refractivity contribution is -0.148. The van der Waals surface area contributed by atoms with E-state index in [2.05, 4.69) is 12.2 Å². The molecule has 1 fully saturated rings. The van der Waals surface area contributed by atoms with Crippen LogP contribution in [-0.2, 0) is 9.53 Å². The summed E-state index contributed by atoms with van der Waals surface area (Å²) in [6.45, 7) is 4.44. The molecule has 1 aliphatic rings. The van der Waals surface area contributed by atoms with Crippen LogP contribution in [0, 0.1) is 5.92 Å². The molecule has 116 valence electrons. The Morgan fingerprint density at radius 1 is 1.43 bits per heavy atom. The Balaban J connectivity index is 2.21. The normalized spacial score (nSPS) is 24.6. The zero-order valence-corrected chi connectivity index (χ0v) is 13.1. The number of hydrogen-bond donors (Lipinski definition) is 1. The molecule has 0 amide bonds. The Hall–Kier alpha value is -1.71. The molecule has 0 saturated heterocycles. The molecule has 1 aromatic carbocycles. The van der Waals surface area contributed by atoms with Crippen molar-refractivity contribution in [1.29, 1.82) is 0 Å². The smallest absolute Gasteiger partial charge is 0.331 e. The van der Waals surface area contributed by atoms with Gasteiger partial charge < -0.3 is 14.8 Å². The summed E-state index contributed by atoms with van der Waals surface area (Å²) in [7, 11) is 1.64. The third kappa shape index (κ3) is 3.49. The van der Waals surface area contributed by atoms with Gasteiger partial charge in [-0.15, -0.1) is 0 Å². The van der Waals surface area contributed by atoms with E-state index in [-0.39, 0.29) is 5.97 Å². The van der Waals surface area contributed by atoms with Crippen LogP contribution in [0.15, 0.2) is 24.3 Å². The number of nitrogens with one attached hydrogen (secondary N) is 1. The van der Waals surface area contributed by atoms with Crippen LogP contribution < -0.4 is 10.1 Å². The van der Waals surface area contributed by atoms with Crippen molar-refractivity contribution in [2.24, 2.45) is 5.92 Å².